The van der Waals surface area contributed by atoms with Gasteiger partial charge in [-0.25, -0.2) is 4.39 Å². The molecule has 0 fully saturated rings. The van der Waals surface area contributed by atoms with E-state index in [1.807, 2.05) is 43.3 Å². The second-order valence-electron chi connectivity index (χ2n) is 5.31. The fourth-order valence-corrected chi connectivity index (χ4v) is 2.14. The van der Waals surface area contributed by atoms with Crippen LogP contribution in [0.5, 0.6) is 5.75 Å². The molecule has 0 spiro atoms. The van der Waals surface area contributed by atoms with Crippen LogP contribution in [-0.4, -0.2) is 12.6 Å². The standard InChI is InChI=1S/C18H22FNO/c1-4-21-16-7-5-6-15(11-16)17-9-8-14(10-18(17)19)12-20-13(2)3/h5-11,13,20H,4,12H2,1-3H3. The van der Waals surface area contributed by atoms with Gasteiger partial charge in [-0.2, -0.15) is 0 Å². The van der Waals surface area contributed by atoms with E-state index in [9.17, 15) is 4.39 Å². The Morgan fingerprint density at radius 3 is 2.62 bits per heavy atom. The molecule has 1 N–H and O–H groups in total. The van der Waals surface area contributed by atoms with Crippen molar-refractivity contribution in [2.75, 3.05) is 6.61 Å². The topological polar surface area (TPSA) is 21.3 Å². The molecule has 2 rings (SSSR count). The van der Waals surface area contributed by atoms with Crippen molar-refractivity contribution < 1.29 is 9.13 Å². The second-order valence-corrected chi connectivity index (χ2v) is 5.31. The van der Waals surface area contributed by atoms with Gasteiger partial charge in [0.05, 0.1) is 6.61 Å². The highest BCUT2D eigenvalue weighted by Gasteiger charge is 2.07. The zero-order chi connectivity index (χ0) is 15.2. The third-order valence-electron chi connectivity index (χ3n) is 3.20. The summed E-state index contributed by atoms with van der Waals surface area (Å²) in [5.41, 5.74) is 2.39. The molecule has 2 aromatic carbocycles. The zero-order valence-corrected chi connectivity index (χ0v) is 12.8. The van der Waals surface area contributed by atoms with E-state index in [0.717, 1.165) is 16.9 Å². The van der Waals surface area contributed by atoms with E-state index >= 15 is 0 Å². The Morgan fingerprint density at radius 1 is 1.14 bits per heavy atom. The lowest BCUT2D eigenvalue weighted by molar-refractivity contribution is 0.340. The quantitative estimate of drug-likeness (QED) is 0.850. The first-order chi connectivity index (χ1) is 10.1. The molecule has 0 saturated carbocycles. The van der Waals surface area contributed by atoms with Crippen LogP contribution in [0.3, 0.4) is 0 Å². The van der Waals surface area contributed by atoms with Gasteiger partial charge in [-0.15, -0.1) is 0 Å². The molecule has 0 radical (unpaired) electrons. The summed E-state index contributed by atoms with van der Waals surface area (Å²) < 4.78 is 19.8. The van der Waals surface area contributed by atoms with E-state index in [2.05, 4.69) is 19.2 Å². The van der Waals surface area contributed by atoms with Crippen molar-refractivity contribution in [3.8, 4) is 16.9 Å². The van der Waals surface area contributed by atoms with Gasteiger partial charge in [0.2, 0.25) is 0 Å². The minimum absolute atomic E-state index is 0.202. The number of hydrogen-bond acceptors (Lipinski definition) is 2. The molecule has 112 valence electrons. The van der Waals surface area contributed by atoms with Gasteiger partial charge in [-0.1, -0.05) is 38.1 Å². The summed E-state index contributed by atoms with van der Waals surface area (Å²) in [7, 11) is 0. The molecule has 3 heteroatoms. The van der Waals surface area contributed by atoms with Crippen molar-refractivity contribution in [2.45, 2.75) is 33.4 Å². The molecular formula is C18H22FNO. The fraction of sp³-hybridized carbons (Fsp3) is 0.333. The van der Waals surface area contributed by atoms with Crippen molar-refractivity contribution in [2.24, 2.45) is 0 Å². The molecule has 0 bridgehead atoms. The lowest BCUT2D eigenvalue weighted by Gasteiger charge is -2.11. The molecule has 2 aromatic rings. The second kappa shape index (κ2) is 7.23. The van der Waals surface area contributed by atoms with Crippen LogP contribution >= 0.6 is 0 Å². The molecule has 0 aromatic heterocycles. The maximum atomic E-state index is 14.3. The van der Waals surface area contributed by atoms with E-state index in [-0.39, 0.29) is 5.82 Å². The number of nitrogens with one attached hydrogen (secondary N) is 1. The minimum Gasteiger partial charge on any atom is -0.494 e. The molecular weight excluding hydrogens is 265 g/mol. The summed E-state index contributed by atoms with van der Waals surface area (Å²) >= 11 is 0. The first-order valence-electron chi connectivity index (χ1n) is 7.35. The highest BCUT2D eigenvalue weighted by atomic mass is 19.1. The molecule has 0 aliphatic rings. The summed E-state index contributed by atoms with van der Waals surface area (Å²) in [5.74, 6) is 0.562. The van der Waals surface area contributed by atoms with Gasteiger partial charge in [0.15, 0.2) is 0 Å². The highest BCUT2D eigenvalue weighted by molar-refractivity contribution is 5.66. The summed E-state index contributed by atoms with van der Waals surface area (Å²) in [6, 6.07) is 13.3. The fourth-order valence-electron chi connectivity index (χ4n) is 2.14. The maximum Gasteiger partial charge on any atom is 0.131 e. The molecule has 0 saturated heterocycles. The third kappa shape index (κ3) is 4.30. The van der Waals surface area contributed by atoms with Gasteiger partial charge >= 0.3 is 0 Å². The number of ether oxygens (including phenoxy) is 1. The third-order valence-corrected chi connectivity index (χ3v) is 3.20. The van der Waals surface area contributed by atoms with Crippen LogP contribution in [0.1, 0.15) is 26.3 Å². The Bertz CT molecular complexity index is 596. The van der Waals surface area contributed by atoms with Gasteiger partial charge in [-0.3, -0.25) is 0 Å². The molecule has 0 heterocycles. The SMILES string of the molecule is CCOc1cccc(-c2ccc(CNC(C)C)cc2F)c1. The largest absolute Gasteiger partial charge is 0.494 e. The van der Waals surface area contributed by atoms with Crippen LogP contribution < -0.4 is 10.1 Å². The van der Waals surface area contributed by atoms with Crippen molar-refractivity contribution in [3.63, 3.8) is 0 Å². The van der Waals surface area contributed by atoms with Crippen LogP contribution in [-0.2, 0) is 6.54 Å². The van der Waals surface area contributed by atoms with Crippen LogP contribution in [0.15, 0.2) is 42.5 Å². The molecule has 0 amide bonds. The van der Waals surface area contributed by atoms with E-state index in [4.69, 9.17) is 4.74 Å². The predicted octanol–water partition coefficient (Wildman–Crippen LogP) is 4.39. The van der Waals surface area contributed by atoms with Gasteiger partial charge in [0, 0.05) is 18.2 Å². The summed E-state index contributed by atoms with van der Waals surface area (Å²) in [6.07, 6.45) is 0. The first-order valence-corrected chi connectivity index (χ1v) is 7.35. The van der Waals surface area contributed by atoms with Crippen molar-refractivity contribution in [3.05, 3.63) is 53.8 Å². The summed E-state index contributed by atoms with van der Waals surface area (Å²) in [4.78, 5) is 0. The van der Waals surface area contributed by atoms with Crippen molar-refractivity contribution in [1.29, 1.82) is 0 Å². The average Bonchev–Trinajstić information content (AvgIpc) is 2.46. The Kier molecular flexibility index (Phi) is 5.34. The first kappa shape index (κ1) is 15.5. The number of benzene rings is 2. The van der Waals surface area contributed by atoms with Crippen molar-refractivity contribution >= 4 is 0 Å². The number of rotatable bonds is 6. The normalized spacial score (nSPS) is 10.9. The molecule has 21 heavy (non-hydrogen) atoms. The predicted molar refractivity (Wildman–Crippen MR) is 85.0 cm³/mol. The summed E-state index contributed by atoms with van der Waals surface area (Å²) in [5, 5.41) is 3.29. The highest BCUT2D eigenvalue weighted by Crippen LogP contribution is 2.27. The molecule has 0 aliphatic carbocycles. The molecule has 0 aliphatic heterocycles. The van der Waals surface area contributed by atoms with Gasteiger partial charge in [0.1, 0.15) is 11.6 Å². The summed E-state index contributed by atoms with van der Waals surface area (Å²) in [6.45, 7) is 7.36. The minimum atomic E-state index is -0.202. The van der Waals surface area contributed by atoms with Crippen LogP contribution in [0, 0.1) is 5.82 Å². The zero-order valence-electron chi connectivity index (χ0n) is 12.8. The van der Waals surface area contributed by atoms with E-state index < -0.39 is 0 Å². The van der Waals surface area contributed by atoms with Crippen LogP contribution in [0.25, 0.3) is 11.1 Å². The Balaban J connectivity index is 2.22. The van der Waals surface area contributed by atoms with Crippen LogP contribution in [0.2, 0.25) is 0 Å². The monoisotopic (exact) mass is 287 g/mol. The smallest absolute Gasteiger partial charge is 0.131 e. The van der Waals surface area contributed by atoms with Gasteiger partial charge in [0.25, 0.3) is 0 Å². The number of hydrogen-bond donors (Lipinski definition) is 1. The maximum absolute atomic E-state index is 14.3. The lowest BCUT2D eigenvalue weighted by Crippen LogP contribution is -2.21. The van der Waals surface area contributed by atoms with E-state index in [1.54, 1.807) is 6.07 Å². The Morgan fingerprint density at radius 2 is 1.95 bits per heavy atom. The van der Waals surface area contributed by atoms with E-state index in [0.29, 0.717) is 24.8 Å². The molecule has 0 atom stereocenters. The van der Waals surface area contributed by atoms with Crippen LogP contribution in [0.4, 0.5) is 4.39 Å². The molecule has 0 unspecified atom stereocenters. The van der Waals surface area contributed by atoms with E-state index in [1.165, 1.54) is 0 Å². The Hall–Kier alpha value is -1.87. The van der Waals surface area contributed by atoms with Gasteiger partial charge in [-0.05, 0) is 36.2 Å². The molecule has 2 nitrogen and oxygen atoms in total. The Labute approximate surface area is 126 Å². The van der Waals surface area contributed by atoms with Gasteiger partial charge < -0.3 is 10.1 Å². The van der Waals surface area contributed by atoms with Crippen molar-refractivity contribution in [1.82, 2.24) is 5.32 Å². The number of halogens is 1. The lowest BCUT2D eigenvalue weighted by atomic mass is 10.0. The average molecular weight is 287 g/mol.